The Hall–Kier alpha value is -0.610. The van der Waals surface area contributed by atoms with Gasteiger partial charge in [-0.05, 0) is 44.6 Å². The molecule has 1 heterocycles. The third-order valence-electron chi connectivity index (χ3n) is 3.66. The number of carboxylic acid groups (broad SMARTS) is 1. The molecular formula is C12H21NO3. The van der Waals surface area contributed by atoms with Crippen molar-refractivity contribution in [1.29, 1.82) is 0 Å². The Morgan fingerprint density at radius 1 is 1.19 bits per heavy atom. The summed E-state index contributed by atoms with van der Waals surface area (Å²) in [6.07, 6.45) is 6.31. The van der Waals surface area contributed by atoms with E-state index in [2.05, 4.69) is 5.32 Å². The Kier molecular flexibility index (Phi) is 4.18. The zero-order valence-corrected chi connectivity index (χ0v) is 9.65. The van der Waals surface area contributed by atoms with Gasteiger partial charge in [-0.15, -0.1) is 0 Å². The summed E-state index contributed by atoms with van der Waals surface area (Å²) in [5.41, 5.74) is 0. The number of hydrogen-bond acceptors (Lipinski definition) is 3. The Bertz CT molecular complexity index is 230. The van der Waals surface area contributed by atoms with Crippen molar-refractivity contribution in [2.75, 3.05) is 13.1 Å². The molecule has 0 bridgehead atoms. The lowest BCUT2D eigenvalue weighted by atomic mass is 9.85. The molecule has 0 aromatic carbocycles. The molecule has 0 spiro atoms. The summed E-state index contributed by atoms with van der Waals surface area (Å²) in [6.45, 7) is 2.05. The number of nitrogens with one attached hydrogen (secondary N) is 1. The molecule has 0 aromatic rings. The number of ether oxygens (including phenoxy) is 1. The first-order valence-corrected chi connectivity index (χ1v) is 6.32. The minimum atomic E-state index is -0.663. The van der Waals surface area contributed by atoms with Crippen molar-refractivity contribution in [3.63, 3.8) is 0 Å². The standard InChI is InChI=1S/C12H21NO3/c14-12(15)7-9-1-3-10(4-2-9)16-11-5-6-13-8-11/h9-11,13H,1-8H2,(H,14,15)/t9-,10-,11-/m1/s1. The van der Waals surface area contributed by atoms with Crippen LogP contribution in [0.3, 0.4) is 0 Å². The van der Waals surface area contributed by atoms with Gasteiger partial charge in [-0.2, -0.15) is 0 Å². The number of carboxylic acids is 1. The molecule has 0 aromatic heterocycles. The Morgan fingerprint density at radius 3 is 2.50 bits per heavy atom. The van der Waals surface area contributed by atoms with Crippen LogP contribution in [0.2, 0.25) is 0 Å². The predicted octanol–water partition coefficient (Wildman–Crippen LogP) is 1.40. The maximum atomic E-state index is 10.6. The van der Waals surface area contributed by atoms with Crippen molar-refractivity contribution >= 4 is 5.97 Å². The van der Waals surface area contributed by atoms with Gasteiger partial charge < -0.3 is 15.2 Å². The number of hydrogen-bond donors (Lipinski definition) is 2. The van der Waals surface area contributed by atoms with E-state index in [4.69, 9.17) is 9.84 Å². The van der Waals surface area contributed by atoms with Gasteiger partial charge in [-0.3, -0.25) is 4.79 Å². The lowest BCUT2D eigenvalue weighted by Crippen LogP contribution is -2.28. The fourth-order valence-electron chi connectivity index (χ4n) is 2.74. The van der Waals surface area contributed by atoms with Crippen LogP contribution in [0.25, 0.3) is 0 Å². The summed E-state index contributed by atoms with van der Waals surface area (Å²) in [6, 6.07) is 0. The van der Waals surface area contributed by atoms with Gasteiger partial charge in [-0.1, -0.05) is 0 Å². The van der Waals surface area contributed by atoms with Gasteiger partial charge >= 0.3 is 5.97 Å². The summed E-state index contributed by atoms with van der Waals surface area (Å²) < 4.78 is 6.00. The number of rotatable bonds is 4. The minimum absolute atomic E-state index is 0.331. The highest BCUT2D eigenvalue weighted by Crippen LogP contribution is 2.29. The predicted molar refractivity (Wildman–Crippen MR) is 60.4 cm³/mol. The van der Waals surface area contributed by atoms with Crippen LogP contribution < -0.4 is 5.32 Å². The molecule has 1 saturated heterocycles. The molecule has 1 aliphatic heterocycles. The van der Waals surface area contributed by atoms with Crippen LogP contribution in [-0.2, 0) is 9.53 Å². The summed E-state index contributed by atoms with van der Waals surface area (Å²) in [7, 11) is 0. The van der Waals surface area contributed by atoms with Gasteiger partial charge in [0.1, 0.15) is 0 Å². The second kappa shape index (κ2) is 5.64. The molecule has 4 heteroatoms. The van der Waals surface area contributed by atoms with Gasteiger partial charge in [0.15, 0.2) is 0 Å². The first-order chi connectivity index (χ1) is 7.74. The Morgan fingerprint density at radius 2 is 1.94 bits per heavy atom. The lowest BCUT2D eigenvalue weighted by molar-refractivity contribution is -0.138. The maximum Gasteiger partial charge on any atom is 0.303 e. The molecule has 4 nitrogen and oxygen atoms in total. The first-order valence-electron chi connectivity index (χ1n) is 6.32. The zero-order valence-electron chi connectivity index (χ0n) is 9.65. The van der Waals surface area contributed by atoms with Crippen LogP contribution in [0.15, 0.2) is 0 Å². The smallest absolute Gasteiger partial charge is 0.303 e. The fourth-order valence-corrected chi connectivity index (χ4v) is 2.74. The SMILES string of the molecule is O=C(O)C[C@H]1CC[C@H](O[C@@H]2CCNC2)CC1. The molecule has 1 aliphatic carbocycles. The van der Waals surface area contributed by atoms with E-state index in [1.54, 1.807) is 0 Å². The molecule has 2 aliphatic rings. The maximum absolute atomic E-state index is 10.6. The molecule has 2 fully saturated rings. The highest BCUT2D eigenvalue weighted by Gasteiger charge is 2.26. The third-order valence-corrected chi connectivity index (χ3v) is 3.66. The van der Waals surface area contributed by atoms with Gasteiger partial charge in [0.05, 0.1) is 12.2 Å². The van der Waals surface area contributed by atoms with Crippen molar-refractivity contribution in [3.05, 3.63) is 0 Å². The summed E-state index contributed by atoms with van der Waals surface area (Å²) >= 11 is 0. The van der Waals surface area contributed by atoms with Crippen LogP contribution >= 0.6 is 0 Å². The second-order valence-corrected chi connectivity index (χ2v) is 4.99. The Balaban J connectivity index is 1.66. The van der Waals surface area contributed by atoms with E-state index >= 15 is 0 Å². The van der Waals surface area contributed by atoms with Crippen molar-refractivity contribution < 1.29 is 14.6 Å². The Labute approximate surface area is 96.4 Å². The lowest BCUT2D eigenvalue weighted by Gasteiger charge is -2.29. The van der Waals surface area contributed by atoms with Crippen molar-refractivity contribution in [3.8, 4) is 0 Å². The van der Waals surface area contributed by atoms with Crippen LogP contribution in [0.1, 0.15) is 38.5 Å². The highest BCUT2D eigenvalue weighted by atomic mass is 16.5. The van der Waals surface area contributed by atoms with Crippen LogP contribution in [0.4, 0.5) is 0 Å². The second-order valence-electron chi connectivity index (χ2n) is 4.99. The molecular weight excluding hydrogens is 206 g/mol. The van der Waals surface area contributed by atoms with Crippen LogP contribution in [0, 0.1) is 5.92 Å². The molecule has 2 N–H and O–H groups in total. The normalized spacial score (nSPS) is 35.1. The molecule has 0 radical (unpaired) electrons. The number of carbonyl (C=O) groups is 1. The molecule has 0 amide bonds. The van der Waals surface area contributed by atoms with Gasteiger partial charge in [0, 0.05) is 13.0 Å². The van der Waals surface area contributed by atoms with E-state index in [9.17, 15) is 4.79 Å². The van der Waals surface area contributed by atoms with Gasteiger partial charge in [0.2, 0.25) is 0 Å². The van der Waals surface area contributed by atoms with E-state index in [1.165, 1.54) is 0 Å². The molecule has 1 saturated carbocycles. The van der Waals surface area contributed by atoms with E-state index in [0.717, 1.165) is 45.2 Å². The summed E-state index contributed by atoms with van der Waals surface area (Å²) in [5.74, 6) is -0.289. The van der Waals surface area contributed by atoms with E-state index in [-0.39, 0.29) is 0 Å². The van der Waals surface area contributed by atoms with Gasteiger partial charge in [-0.25, -0.2) is 0 Å². The topological polar surface area (TPSA) is 58.6 Å². The van der Waals surface area contributed by atoms with Gasteiger partial charge in [0.25, 0.3) is 0 Å². The van der Waals surface area contributed by atoms with Crippen molar-refractivity contribution in [1.82, 2.24) is 5.32 Å². The highest BCUT2D eigenvalue weighted by molar-refractivity contribution is 5.67. The largest absolute Gasteiger partial charge is 0.481 e. The van der Waals surface area contributed by atoms with Crippen LogP contribution in [0.5, 0.6) is 0 Å². The molecule has 0 unspecified atom stereocenters. The van der Waals surface area contributed by atoms with Crippen molar-refractivity contribution in [2.24, 2.45) is 5.92 Å². The summed E-state index contributed by atoms with van der Waals surface area (Å²) in [4.78, 5) is 10.6. The van der Waals surface area contributed by atoms with Crippen molar-refractivity contribution in [2.45, 2.75) is 50.7 Å². The monoisotopic (exact) mass is 227 g/mol. The molecule has 92 valence electrons. The zero-order chi connectivity index (χ0) is 11.4. The van der Waals surface area contributed by atoms with E-state index in [0.29, 0.717) is 24.5 Å². The molecule has 1 atom stereocenters. The third kappa shape index (κ3) is 3.46. The average Bonchev–Trinajstić information content (AvgIpc) is 2.73. The first kappa shape index (κ1) is 11.9. The quantitative estimate of drug-likeness (QED) is 0.762. The minimum Gasteiger partial charge on any atom is -0.481 e. The van der Waals surface area contributed by atoms with E-state index in [1.807, 2.05) is 0 Å². The van der Waals surface area contributed by atoms with Crippen LogP contribution in [-0.4, -0.2) is 36.4 Å². The molecule has 16 heavy (non-hydrogen) atoms. The average molecular weight is 227 g/mol. The molecule has 2 rings (SSSR count). The number of aliphatic carboxylic acids is 1. The summed E-state index contributed by atoms with van der Waals surface area (Å²) in [5, 5.41) is 12.0. The fraction of sp³-hybridized carbons (Fsp3) is 0.917. The van der Waals surface area contributed by atoms with E-state index < -0.39 is 5.97 Å².